The van der Waals surface area contributed by atoms with Gasteiger partial charge in [0.15, 0.2) is 6.29 Å². The molecule has 1 nitrogen and oxygen atoms in total. The summed E-state index contributed by atoms with van der Waals surface area (Å²) in [5.74, 6) is 0. The van der Waals surface area contributed by atoms with Crippen LogP contribution in [-0.2, 0) is 0 Å². The number of fused-ring (bicyclic) bond motifs is 1. The van der Waals surface area contributed by atoms with Gasteiger partial charge in [0.1, 0.15) is 0 Å². The van der Waals surface area contributed by atoms with Crippen LogP contribution in [-0.4, -0.2) is 6.29 Å². The summed E-state index contributed by atoms with van der Waals surface area (Å²) in [6, 6.07) is 8.21. The van der Waals surface area contributed by atoms with Crippen molar-refractivity contribution in [1.82, 2.24) is 0 Å². The Morgan fingerprint density at radius 3 is 2.40 bits per heavy atom. The van der Waals surface area contributed by atoms with Crippen LogP contribution in [0.4, 0.5) is 0 Å². The van der Waals surface area contributed by atoms with Gasteiger partial charge < -0.3 is 0 Å². The fourth-order valence-electron chi connectivity index (χ4n) is 1.41. The van der Waals surface area contributed by atoms with Gasteiger partial charge in [-0.15, -0.1) is 0 Å². The molecule has 0 atom stereocenters. The van der Waals surface area contributed by atoms with Gasteiger partial charge in [-0.05, 0) is 96.7 Å². The Labute approximate surface area is 128 Å². The minimum absolute atomic E-state index is 0.772. The Bertz CT molecular complexity index is 549. The highest BCUT2D eigenvalue weighted by Crippen LogP contribution is 2.29. The number of carbonyl (C=O) groups excluding carboxylic acids is 1. The summed E-state index contributed by atoms with van der Waals surface area (Å²) in [6.07, 6.45) is 0.918. The SMILES string of the molecule is O=Cc1cc2ccc(I)cc2c(I)c1I. The third kappa shape index (κ3) is 2.31. The van der Waals surface area contributed by atoms with Crippen molar-refractivity contribution in [2.24, 2.45) is 0 Å². The van der Waals surface area contributed by atoms with Gasteiger partial charge in [-0.2, -0.15) is 0 Å². The van der Waals surface area contributed by atoms with E-state index in [1.165, 1.54) is 8.96 Å². The van der Waals surface area contributed by atoms with Crippen molar-refractivity contribution in [1.29, 1.82) is 0 Å². The van der Waals surface area contributed by atoms with Gasteiger partial charge in [-0.25, -0.2) is 0 Å². The molecule has 0 saturated carbocycles. The van der Waals surface area contributed by atoms with Crippen molar-refractivity contribution in [2.45, 2.75) is 0 Å². The van der Waals surface area contributed by atoms with Gasteiger partial charge in [-0.3, -0.25) is 4.79 Å². The molecule has 2 aromatic carbocycles. The Balaban J connectivity index is 2.90. The summed E-state index contributed by atoms with van der Waals surface area (Å²) in [5, 5.41) is 2.35. The topological polar surface area (TPSA) is 17.1 Å². The second kappa shape index (κ2) is 4.82. The first-order chi connectivity index (χ1) is 7.13. The van der Waals surface area contributed by atoms with Crippen LogP contribution in [0.3, 0.4) is 0 Å². The van der Waals surface area contributed by atoms with Crippen LogP contribution in [0.15, 0.2) is 24.3 Å². The van der Waals surface area contributed by atoms with E-state index in [1.807, 2.05) is 6.07 Å². The lowest BCUT2D eigenvalue weighted by molar-refractivity contribution is 0.112. The molecule has 0 aliphatic heterocycles. The molecule has 15 heavy (non-hydrogen) atoms. The van der Waals surface area contributed by atoms with Crippen LogP contribution in [0, 0.1) is 10.7 Å². The van der Waals surface area contributed by atoms with Crippen molar-refractivity contribution >= 4 is 84.8 Å². The first-order valence-electron chi connectivity index (χ1n) is 4.16. The Kier molecular flexibility index (Phi) is 3.87. The van der Waals surface area contributed by atoms with E-state index in [0.29, 0.717) is 0 Å². The van der Waals surface area contributed by atoms with Gasteiger partial charge in [0, 0.05) is 16.3 Å². The van der Waals surface area contributed by atoms with Crippen LogP contribution in [0.1, 0.15) is 10.4 Å². The van der Waals surface area contributed by atoms with Gasteiger partial charge in [0.2, 0.25) is 0 Å². The molecule has 2 aromatic rings. The average molecular weight is 534 g/mol. The van der Waals surface area contributed by atoms with Crippen molar-refractivity contribution in [3.63, 3.8) is 0 Å². The molecule has 0 aliphatic carbocycles. The number of benzene rings is 2. The van der Waals surface area contributed by atoms with E-state index in [0.717, 1.165) is 24.4 Å². The number of hydrogen-bond acceptors (Lipinski definition) is 1. The monoisotopic (exact) mass is 534 g/mol. The summed E-state index contributed by atoms with van der Waals surface area (Å²) in [6.45, 7) is 0. The van der Waals surface area contributed by atoms with Crippen LogP contribution < -0.4 is 0 Å². The maximum atomic E-state index is 10.9. The lowest BCUT2D eigenvalue weighted by Gasteiger charge is -2.06. The summed E-state index contributed by atoms with van der Waals surface area (Å²) in [7, 11) is 0. The van der Waals surface area contributed by atoms with Gasteiger partial charge in [-0.1, -0.05) is 6.07 Å². The minimum Gasteiger partial charge on any atom is -0.298 e. The standard InChI is InChI=1S/C11H5I3O/c12-8-2-1-6-3-7(5-15)10(13)11(14)9(6)4-8/h1-5H. The molecule has 0 saturated heterocycles. The van der Waals surface area contributed by atoms with Crippen LogP contribution in [0.25, 0.3) is 10.8 Å². The predicted molar refractivity (Wildman–Crippen MR) is 87.5 cm³/mol. The zero-order chi connectivity index (χ0) is 11.0. The third-order valence-electron chi connectivity index (χ3n) is 2.14. The van der Waals surface area contributed by atoms with E-state index in [4.69, 9.17) is 0 Å². The van der Waals surface area contributed by atoms with Gasteiger partial charge >= 0.3 is 0 Å². The number of carbonyl (C=O) groups is 1. The Hall–Kier alpha value is 0.560. The van der Waals surface area contributed by atoms with Crippen molar-refractivity contribution in [3.05, 3.63) is 40.5 Å². The second-order valence-corrected chi connectivity index (χ2v) is 6.48. The highest BCUT2D eigenvalue weighted by molar-refractivity contribution is 14.1. The molecule has 76 valence electrons. The molecule has 0 fully saturated rings. The number of halogens is 3. The largest absolute Gasteiger partial charge is 0.298 e. The molecule has 0 bridgehead atoms. The molecule has 0 heterocycles. The molecular formula is C11H5I3O. The van der Waals surface area contributed by atoms with E-state index < -0.39 is 0 Å². The quantitative estimate of drug-likeness (QED) is 0.391. The van der Waals surface area contributed by atoms with Crippen LogP contribution in [0.5, 0.6) is 0 Å². The minimum atomic E-state index is 0.772. The van der Waals surface area contributed by atoms with Crippen LogP contribution in [0.2, 0.25) is 0 Å². The zero-order valence-electron chi connectivity index (χ0n) is 7.43. The Morgan fingerprint density at radius 1 is 1.00 bits per heavy atom. The molecule has 0 spiro atoms. The van der Waals surface area contributed by atoms with Gasteiger partial charge in [0.25, 0.3) is 0 Å². The molecule has 0 N–H and O–H groups in total. The maximum absolute atomic E-state index is 10.9. The highest BCUT2D eigenvalue weighted by Gasteiger charge is 2.08. The van der Waals surface area contributed by atoms with E-state index in [1.54, 1.807) is 0 Å². The van der Waals surface area contributed by atoms with Crippen molar-refractivity contribution < 1.29 is 4.79 Å². The molecule has 0 aliphatic rings. The molecule has 0 radical (unpaired) electrons. The molecule has 4 heteroatoms. The third-order valence-corrected chi connectivity index (χ3v) is 6.12. The lowest BCUT2D eigenvalue weighted by atomic mass is 10.1. The molecular weight excluding hydrogens is 529 g/mol. The molecule has 0 unspecified atom stereocenters. The molecule has 0 amide bonds. The lowest BCUT2D eigenvalue weighted by Crippen LogP contribution is -1.92. The Morgan fingerprint density at radius 2 is 1.73 bits per heavy atom. The normalized spacial score (nSPS) is 10.6. The van der Waals surface area contributed by atoms with Gasteiger partial charge in [0.05, 0.1) is 0 Å². The number of hydrogen-bond donors (Lipinski definition) is 0. The fourth-order valence-corrected chi connectivity index (χ4v) is 3.25. The van der Waals surface area contributed by atoms with Crippen molar-refractivity contribution in [2.75, 3.05) is 0 Å². The summed E-state index contributed by atoms with van der Waals surface area (Å²) < 4.78 is 3.41. The predicted octanol–water partition coefficient (Wildman–Crippen LogP) is 4.47. The van der Waals surface area contributed by atoms with E-state index in [-0.39, 0.29) is 0 Å². The van der Waals surface area contributed by atoms with E-state index >= 15 is 0 Å². The van der Waals surface area contributed by atoms with Crippen LogP contribution >= 0.6 is 67.8 Å². The first-order valence-corrected chi connectivity index (χ1v) is 7.39. The summed E-state index contributed by atoms with van der Waals surface area (Å²) in [5.41, 5.74) is 0.772. The number of aldehydes is 1. The maximum Gasteiger partial charge on any atom is 0.151 e. The smallest absolute Gasteiger partial charge is 0.151 e. The zero-order valence-corrected chi connectivity index (χ0v) is 13.9. The van der Waals surface area contributed by atoms with E-state index in [2.05, 4.69) is 86.0 Å². The van der Waals surface area contributed by atoms with E-state index in [9.17, 15) is 4.79 Å². The average Bonchev–Trinajstić information content (AvgIpc) is 2.24. The fraction of sp³-hybridized carbons (Fsp3) is 0. The van der Waals surface area contributed by atoms with Crippen molar-refractivity contribution in [3.8, 4) is 0 Å². The number of rotatable bonds is 1. The summed E-state index contributed by atoms with van der Waals surface area (Å²) in [4.78, 5) is 10.9. The molecule has 0 aromatic heterocycles. The first kappa shape index (κ1) is 12.0. The highest BCUT2D eigenvalue weighted by atomic mass is 127. The second-order valence-electron chi connectivity index (χ2n) is 3.08. The molecule has 2 rings (SSSR count). The summed E-state index contributed by atoms with van der Waals surface area (Å²) >= 11 is 6.82.